The summed E-state index contributed by atoms with van der Waals surface area (Å²) >= 11 is 0. The molecule has 0 aliphatic carbocycles. The van der Waals surface area contributed by atoms with Crippen molar-refractivity contribution in [3.8, 4) is 11.8 Å². The maximum atomic E-state index is 10.4. The van der Waals surface area contributed by atoms with E-state index in [1.807, 2.05) is 24.3 Å². The van der Waals surface area contributed by atoms with Crippen molar-refractivity contribution >= 4 is 5.97 Å². The van der Waals surface area contributed by atoms with Gasteiger partial charge in [0, 0.05) is 11.5 Å². The third-order valence-electron chi connectivity index (χ3n) is 2.04. The fraction of sp³-hybridized carbons (Fsp3) is 0.308. The summed E-state index contributed by atoms with van der Waals surface area (Å²) in [5.41, 5.74) is 1.83. The van der Waals surface area contributed by atoms with Crippen molar-refractivity contribution in [2.24, 2.45) is 0 Å². The van der Waals surface area contributed by atoms with Gasteiger partial charge in [-0.3, -0.25) is 0 Å². The molecule has 0 unspecified atom stereocenters. The second kappa shape index (κ2) is 4.18. The molecule has 0 saturated carbocycles. The minimum atomic E-state index is -1.10. The van der Waals surface area contributed by atoms with Gasteiger partial charge < -0.3 is 5.11 Å². The van der Waals surface area contributed by atoms with Crippen LogP contribution in [0, 0.1) is 11.8 Å². The van der Waals surface area contributed by atoms with Gasteiger partial charge in [-0.25, -0.2) is 4.79 Å². The fourth-order valence-electron chi connectivity index (χ4n) is 1.37. The zero-order valence-electron chi connectivity index (χ0n) is 9.16. The van der Waals surface area contributed by atoms with E-state index in [2.05, 4.69) is 32.6 Å². The molecule has 1 aromatic rings. The van der Waals surface area contributed by atoms with Crippen molar-refractivity contribution in [2.75, 3.05) is 0 Å². The van der Waals surface area contributed by atoms with E-state index in [-0.39, 0.29) is 5.41 Å². The Kier molecular flexibility index (Phi) is 3.16. The summed E-state index contributed by atoms with van der Waals surface area (Å²) in [7, 11) is 0. The Morgan fingerprint density at radius 2 is 1.87 bits per heavy atom. The number of hydrogen-bond acceptors (Lipinski definition) is 1. The fourth-order valence-corrected chi connectivity index (χ4v) is 1.37. The molecule has 2 heteroatoms. The van der Waals surface area contributed by atoms with Crippen molar-refractivity contribution < 1.29 is 9.90 Å². The molecule has 15 heavy (non-hydrogen) atoms. The van der Waals surface area contributed by atoms with Gasteiger partial charge in [-0.1, -0.05) is 44.9 Å². The Labute approximate surface area is 89.9 Å². The van der Waals surface area contributed by atoms with Crippen LogP contribution in [0.3, 0.4) is 0 Å². The molecule has 1 aromatic carbocycles. The number of benzene rings is 1. The number of carbonyl (C=O) groups is 1. The molecular formula is C13H14O2. The predicted molar refractivity (Wildman–Crippen MR) is 59.7 cm³/mol. The Morgan fingerprint density at radius 1 is 1.27 bits per heavy atom. The smallest absolute Gasteiger partial charge is 0.382 e. The quantitative estimate of drug-likeness (QED) is 0.656. The summed E-state index contributed by atoms with van der Waals surface area (Å²) in [6, 6.07) is 7.62. The first kappa shape index (κ1) is 11.3. The molecule has 0 atom stereocenters. The van der Waals surface area contributed by atoms with Crippen LogP contribution in [0.25, 0.3) is 0 Å². The molecule has 1 N–H and O–H groups in total. The molecule has 0 spiro atoms. The standard InChI is InChI=1S/C13H14O2/c1-13(2,3)11-7-5-4-6-10(11)8-9-12(14)15/h4-7H,1-3H3,(H,14,15). The molecule has 0 fully saturated rings. The number of carboxylic acid groups (broad SMARTS) is 1. The highest BCUT2D eigenvalue weighted by Crippen LogP contribution is 2.24. The van der Waals surface area contributed by atoms with Gasteiger partial charge in [-0.15, -0.1) is 0 Å². The van der Waals surface area contributed by atoms with Gasteiger partial charge in [0.2, 0.25) is 0 Å². The summed E-state index contributed by atoms with van der Waals surface area (Å²) in [6.07, 6.45) is 0. The van der Waals surface area contributed by atoms with Gasteiger partial charge >= 0.3 is 5.97 Å². The van der Waals surface area contributed by atoms with Crippen molar-refractivity contribution in [1.29, 1.82) is 0 Å². The van der Waals surface area contributed by atoms with Gasteiger partial charge in [-0.2, -0.15) is 0 Å². The predicted octanol–water partition coefficient (Wildman–Crippen LogP) is 2.42. The number of rotatable bonds is 0. The lowest BCUT2D eigenvalue weighted by atomic mass is 9.84. The number of aliphatic carboxylic acids is 1. The lowest BCUT2D eigenvalue weighted by molar-refractivity contribution is -0.130. The van der Waals surface area contributed by atoms with Crippen molar-refractivity contribution in [3.63, 3.8) is 0 Å². The summed E-state index contributed by atoms with van der Waals surface area (Å²) < 4.78 is 0. The largest absolute Gasteiger partial charge is 0.472 e. The average molecular weight is 202 g/mol. The Hall–Kier alpha value is -1.75. The molecule has 1 rings (SSSR count). The first-order chi connectivity index (χ1) is 6.91. The highest BCUT2D eigenvalue weighted by molar-refractivity contribution is 5.87. The minimum Gasteiger partial charge on any atom is -0.472 e. The molecular weight excluding hydrogens is 188 g/mol. The van der Waals surface area contributed by atoms with E-state index in [0.29, 0.717) is 0 Å². The SMILES string of the molecule is CC(C)(C)c1ccccc1C#CC(=O)O. The van der Waals surface area contributed by atoms with E-state index in [4.69, 9.17) is 5.11 Å². The Morgan fingerprint density at radius 3 is 2.40 bits per heavy atom. The topological polar surface area (TPSA) is 37.3 Å². The normalized spacial score (nSPS) is 10.3. The molecule has 0 bridgehead atoms. The minimum absolute atomic E-state index is 0.0240. The highest BCUT2D eigenvalue weighted by Gasteiger charge is 2.16. The average Bonchev–Trinajstić information content (AvgIpc) is 2.13. The third-order valence-corrected chi connectivity index (χ3v) is 2.04. The molecule has 78 valence electrons. The van der Waals surface area contributed by atoms with E-state index in [0.717, 1.165) is 11.1 Å². The van der Waals surface area contributed by atoms with Crippen molar-refractivity contribution in [2.45, 2.75) is 26.2 Å². The monoisotopic (exact) mass is 202 g/mol. The molecule has 0 saturated heterocycles. The zero-order chi connectivity index (χ0) is 11.5. The van der Waals surface area contributed by atoms with Crippen molar-refractivity contribution in [3.05, 3.63) is 35.4 Å². The molecule has 0 radical (unpaired) electrons. The van der Waals surface area contributed by atoms with Crippen LogP contribution in [-0.2, 0) is 10.2 Å². The number of carboxylic acids is 1. The highest BCUT2D eigenvalue weighted by atomic mass is 16.4. The summed E-state index contributed by atoms with van der Waals surface area (Å²) in [5, 5.41) is 8.49. The van der Waals surface area contributed by atoms with Gasteiger partial charge in [0.15, 0.2) is 0 Å². The van der Waals surface area contributed by atoms with Gasteiger partial charge in [0.1, 0.15) is 0 Å². The third kappa shape index (κ3) is 3.14. The maximum absolute atomic E-state index is 10.4. The van der Waals surface area contributed by atoms with Gasteiger partial charge in [0.25, 0.3) is 0 Å². The van der Waals surface area contributed by atoms with Gasteiger partial charge in [-0.05, 0) is 17.0 Å². The molecule has 0 heterocycles. The second-order valence-electron chi connectivity index (χ2n) is 4.35. The van der Waals surface area contributed by atoms with E-state index < -0.39 is 5.97 Å². The van der Waals surface area contributed by atoms with Crippen LogP contribution in [0.5, 0.6) is 0 Å². The van der Waals surface area contributed by atoms with E-state index in [9.17, 15) is 4.79 Å². The Balaban J connectivity index is 3.21. The maximum Gasteiger partial charge on any atom is 0.382 e. The molecule has 0 aliphatic heterocycles. The Bertz CT molecular complexity index is 428. The van der Waals surface area contributed by atoms with Crippen molar-refractivity contribution in [1.82, 2.24) is 0 Å². The van der Waals surface area contributed by atoms with E-state index in [1.165, 1.54) is 0 Å². The van der Waals surface area contributed by atoms with Crippen LogP contribution in [-0.4, -0.2) is 11.1 Å². The molecule has 2 nitrogen and oxygen atoms in total. The zero-order valence-corrected chi connectivity index (χ0v) is 9.16. The van der Waals surface area contributed by atoms with E-state index >= 15 is 0 Å². The molecule has 0 aromatic heterocycles. The van der Waals surface area contributed by atoms with Crippen LogP contribution in [0.2, 0.25) is 0 Å². The van der Waals surface area contributed by atoms with Crippen LogP contribution in [0.4, 0.5) is 0 Å². The van der Waals surface area contributed by atoms with Crippen LogP contribution in [0.15, 0.2) is 24.3 Å². The van der Waals surface area contributed by atoms with Crippen LogP contribution in [0.1, 0.15) is 31.9 Å². The van der Waals surface area contributed by atoms with Crippen LogP contribution >= 0.6 is 0 Å². The number of hydrogen-bond donors (Lipinski definition) is 1. The van der Waals surface area contributed by atoms with Crippen LogP contribution < -0.4 is 0 Å². The van der Waals surface area contributed by atoms with Gasteiger partial charge in [0.05, 0.1) is 0 Å². The first-order valence-corrected chi connectivity index (χ1v) is 4.76. The summed E-state index contributed by atoms with van der Waals surface area (Å²) in [5.74, 6) is 3.71. The molecule has 0 aliphatic rings. The first-order valence-electron chi connectivity index (χ1n) is 4.76. The molecule has 0 amide bonds. The van der Waals surface area contributed by atoms with E-state index in [1.54, 1.807) is 0 Å². The lowest BCUT2D eigenvalue weighted by Crippen LogP contribution is -2.13. The second-order valence-corrected chi connectivity index (χ2v) is 4.35. The summed E-state index contributed by atoms with van der Waals surface area (Å²) in [6.45, 7) is 6.23. The lowest BCUT2D eigenvalue weighted by Gasteiger charge is -2.20. The summed E-state index contributed by atoms with van der Waals surface area (Å²) in [4.78, 5) is 10.4.